The fourth-order valence-electron chi connectivity index (χ4n) is 2.95. The Hall–Kier alpha value is -1.29. The maximum atomic E-state index is 9.55. The lowest BCUT2D eigenvalue weighted by Crippen LogP contribution is -2.20. The normalized spacial score (nSPS) is 19.3. The summed E-state index contributed by atoms with van der Waals surface area (Å²) in [6.07, 6.45) is 8.15. The lowest BCUT2D eigenvalue weighted by molar-refractivity contribution is 0.339. The van der Waals surface area contributed by atoms with Crippen LogP contribution >= 0.6 is 0 Å². The molecule has 1 aliphatic carbocycles. The number of nitrogens with zero attached hydrogens (tertiary/aromatic N) is 1. The highest BCUT2D eigenvalue weighted by atomic mass is 14.4. The molecule has 0 N–H and O–H groups in total. The summed E-state index contributed by atoms with van der Waals surface area (Å²) in [4.78, 5) is 0. The van der Waals surface area contributed by atoms with Gasteiger partial charge in [0.05, 0.1) is 11.5 Å². The highest BCUT2D eigenvalue weighted by Gasteiger charge is 2.30. The van der Waals surface area contributed by atoms with Gasteiger partial charge < -0.3 is 0 Å². The molecule has 2 rings (SSSR count). The van der Waals surface area contributed by atoms with Crippen molar-refractivity contribution >= 4 is 0 Å². The van der Waals surface area contributed by atoms with Gasteiger partial charge in [-0.1, -0.05) is 55.5 Å². The third-order valence-corrected chi connectivity index (χ3v) is 3.92. The smallest absolute Gasteiger partial charge is 0.0693 e. The second kappa shape index (κ2) is 5.36. The lowest BCUT2D eigenvalue weighted by Gasteiger charge is -2.25. The third kappa shape index (κ3) is 3.09. The summed E-state index contributed by atoms with van der Waals surface area (Å²) < 4.78 is 0. The molecule has 0 saturated heterocycles. The minimum Gasteiger partial charge on any atom is -0.198 e. The van der Waals surface area contributed by atoms with Gasteiger partial charge in [0.2, 0.25) is 0 Å². The van der Waals surface area contributed by atoms with Crippen LogP contribution in [0.5, 0.6) is 0 Å². The molecule has 1 aromatic rings. The molecule has 90 valence electrons. The summed E-state index contributed by atoms with van der Waals surface area (Å²) in [7, 11) is 0. The highest BCUT2D eigenvalue weighted by Crippen LogP contribution is 2.37. The summed E-state index contributed by atoms with van der Waals surface area (Å²) in [6, 6.07) is 11.2. The van der Waals surface area contributed by atoms with Gasteiger partial charge in [0.25, 0.3) is 0 Å². The number of benzene rings is 1. The first kappa shape index (κ1) is 12.2. The van der Waals surface area contributed by atoms with Crippen molar-refractivity contribution in [2.45, 2.75) is 51.9 Å². The molecule has 1 heteroatoms. The van der Waals surface area contributed by atoms with Crippen molar-refractivity contribution in [2.24, 2.45) is 5.41 Å². The van der Waals surface area contributed by atoms with Crippen molar-refractivity contribution in [2.75, 3.05) is 0 Å². The van der Waals surface area contributed by atoms with Crippen LogP contribution in [0.3, 0.4) is 0 Å². The summed E-state index contributed by atoms with van der Waals surface area (Å²) in [6.45, 7) is 2.12. The molecule has 1 fully saturated rings. The molecule has 0 atom stereocenters. The third-order valence-electron chi connectivity index (χ3n) is 3.92. The van der Waals surface area contributed by atoms with Crippen molar-refractivity contribution < 1.29 is 0 Å². The fourth-order valence-corrected chi connectivity index (χ4v) is 2.95. The number of aryl methyl sites for hydroxylation is 1. The SMILES string of the molecule is Cc1cccc(CC2(C#N)CCCCCC2)c1. The molecule has 1 nitrogen and oxygen atoms in total. The second-order valence-corrected chi connectivity index (χ2v) is 5.47. The zero-order valence-corrected chi connectivity index (χ0v) is 10.7. The minimum absolute atomic E-state index is 0.0930. The average molecular weight is 227 g/mol. The van der Waals surface area contributed by atoms with Gasteiger partial charge in [0.1, 0.15) is 0 Å². The van der Waals surface area contributed by atoms with Crippen LogP contribution < -0.4 is 0 Å². The van der Waals surface area contributed by atoms with E-state index in [1.54, 1.807) is 0 Å². The van der Waals surface area contributed by atoms with E-state index < -0.39 is 0 Å². The predicted octanol–water partition coefficient (Wildman–Crippen LogP) is 4.40. The van der Waals surface area contributed by atoms with Crippen molar-refractivity contribution in [1.82, 2.24) is 0 Å². The van der Waals surface area contributed by atoms with E-state index >= 15 is 0 Å². The molecular weight excluding hydrogens is 206 g/mol. The van der Waals surface area contributed by atoms with Crippen LogP contribution in [0.2, 0.25) is 0 Å². The number of rotatable bonds is 2. The molecule has 0 bridgehead atoms. The van der Waals surface area contributed by atoms with Crippen LogP contribution in [-0.2, 0) is 6.42 Å². The minimum atomic E-state index is -0.0930. The Morgan fingerprint density at radius 2 is 1.88 bits per heavy atom. The van der Waals surface area contributed by atoms with Gasteiger partial charge in [0, 0.05) is 0 Å². The molecule has 1 aliphatic rings. The maximum Gasteiger partial charge on any atom is 0.0693 e. The molecule has 0 heterocycles. The Bertz CT molecular complexity index is 406. The van der Waals surface area contributed by atoms with Crippen LogP contribution in [0, 0.1) is 23.7 Å². The first-order valence-electron chi connectivity index (χ1n) is 6.71. The van der Waals surface area contributed by atoms with E-state index in [-0.39, 0.29) is 5.41 Å². The van der Waals surface area contributed by atoms with Gasteiger partial charge in [-0.2, -0.15) is 5.26 Å². The first-order chi connectivity index (χ1) is 8.24. The number of hydrogen-bond acceptors (Lipinski definition) is 1. The van der Waals surface area contributed by atoms with Crippen molar-refractivity contribution in [3.05, 3.63) is 35.4 Å². The first-order valence-corrected chi connectivity index (χ1v) is 6.71. The Kier molecular flexibility index (Phi) is 3.84. The van der Waals surface area contributed by atoms with Gasteiger partial charge in [-0.15, -0.1) is 0 Å². The fraction of sp³-hybridized carbons (Fsp3) is 0.562. The van der Waals surface area contributed by atoms with Gasteiger partial charge in [-0.3, -0.25) is 0 Å². The Morgan fingerprint density at radius 3 is 2.47 bits per heavy atom. The van der Waals surface area contributed by atoms with Crippen LogP contribution in [0.25, 0.3) is 0 Å². The average Bonchev–Trinajstić information content (AvgIpc) is 2.55. The summed E-state index contributed by atoms with van der Waals surface area (Å²) in [5.74, 6) is 0. The van der Waals surface area contributed by atoms with Gasteiger partial charge in [0.15, 0.2) is 0 Å². The van der Waals surface area contributed by atoms with E-state index in [1.807, 2.05) is 0 Å². The topological polar surface area (TPSA) is 23.8 Å². The van der Waals surface area contributed by atoms with E-state index in [0.717, 1.165) is 19.3 Å². The zero-order chi connectivity index (χ0) is 12.1. The maximum absolute atomic E-state index is 9.55. The van der Waals surface area contributed by atoms with E-state index in [4.69, 9.17) is 0 Å². The van der Waals surface area contributed by atoms with Crippen LogP contribution in [-0.4, -0.2) is 0 Å². The molecule has 17 heavy (non-hydrogen) atoms. The molecule has 0 spiro atoms. The molecule has 1 saturated carbocycles. The van der Waals surface area contributed by atoms with E-state index in [1.165, 1.54) is 36.8 Å². The highest BCUT2D eigenvalue weighted by molar-refractivity contribution is 5.25. The van der Waals surface area contributed by atoms with E-state index in [0.29, 0.717) is 0 Å². The summed E-state index contributed by atoms with van der Waals surface area (Å²) in [5.41, 5.74) is 2.53. The van der Waals surface area contributed by atoms with Crippen LogP contribution in [0.4, 0.5) is 0 Å². The molecule has 0 unspecified atom stereocenters. The van der Waals surface area contributed by atoms with Gasteiger partial charge in [-0.25, -0.2) is 0 Å². The largest absolute Gasteiger partial charge is 0.198 e. The standard InChI is InChI=1S/C16H21N/c1-14-7-6-8-15(11-14)12-16(13-17)9-4-2-3-5-10-16/h6-8,11H,2-5,9-10,12H2,1H3. The molecule has 1 aromatic carbocycles. The number of hydrogen-bond donors (Lipinski definition) is 0. The monoisotopic (exact) mass is 227 g/mol. The lowest BCUT2D eigenvalue weighted by atomic mass is 9.76. The molecule has 0 radical (unpaired) electrons. The van der Waals surface area contributed by atoms with Crippen LogP contribution in [0.1, 0.15) is 49.7 Å². The second-order valence-electron chi connectivity index (χ2n) is 5.47. The Morgan fingerprint density at radius 1 is 1.18 bits per heavy atom. The molecule has 0 aliphatic heterocycles. The quantitative estimate of drug-likeness (QED) is 0.687. The van der Waals surface area contributed by atoms with Crippen LogP contribution in [0.15, 0.2) is 24.3 Å². The molecule has 0 aromatic heterocycles. The number of nitriles is 1. The van der Waals surface area contributed by atoms with Gasteiger partial charge >= 0.3 is 0 Å². The summed E-state index contributed by atoms with van der Waals surface area (Å²) in [5, 5.41) is 9.55. The van der Waals surface area contributed by atoms with Crippen molar-refractivity contribution in [3.63, 3.8) is 0 Å². The predicted molar refractivity (Wildman–Crippen MR) is 70.6 cm³/mol. The van der Waals surface area contributed by atoms with Crippen molar-refractivity contribution in [1.29, 1.82) is 5.26 Å². The zero-order valence-electron chi connectivity index (χ0n) is 10.7. The van der Waals surface area contributed by atoms with Crippen molar-refractivity contribution in [3.8, 4) is 6.07 Å². The summed E-state index contributed by atoms with van der Waals surface area (Å²) >= 11 is 0. The van der Waals surface area contributed by atoms with E-state index in [2.05, 4.69) is 37.3 Å². The molecular formula is C16H21N. The Labute approximate surface area is 104 Å². The van der Waals surface area contributed by atoms with Gasteiger partial charge in [-0.05, 0) is 31.7 Å². The molecule has 0 amide bonds. The van der Waals surface area contributed by atoms with E-state index in [9.17, 15) is 5.26 Å². The Balaban J connectivity index is 2.16.